The van der Waals surface area contributed by atoms with E-state index in [1.54, 1.807) is 12.3 Å². The molecule has 0 fully saturated rings. The van der Waals surface area contributed by atoms with Gasteiger partial charge in [-0.1, -0.05) is 55.3 Å². The molecule has 2 aromatic heterocycles. The van der Waals surface area contributed by atoms with E-state index < -0.39 is 0 Å². The minimum Gasteiger partial charge on any atom is -0.266 e. The van der Waals surface area contributed by atoms with E-state index in [2.05, 4.69) is 57.9 Å². The maximum Gasteiger partial charge on any atom is 0.290 e. The van der Waals surface area contributed by atoms with E-state index >= 15 is 0 Å². The molecule has 1 amide bonds. The Morgan fingerprint density at radius 2 is 1.71 bits per heavy atom. The fourth-order valence-electron chi connectivity index (χ4n) is 2.37. The van der Waals surface area contributed by atoms with Crippen LogP contribution >= 0.6 is 70.5 Å². The predicted octanol–water partition coefficient (Wildman–Crippen LogP) is 7.33. The first-order chi connectivity index (χ1) is 13.5. The van der Waals surface area contributed by atoms with Crippen LogP contribution in [0.1, 0.15) is 15.2 Å². The summed E-state index contributed by atoms with van der Waals surface area (Å²) >= 11 is 13.1. The van der Waals surface area contributed by atoms with Gasteiger partial charge in [-0.05, 0) is 64.0 Å². The molecule has 2 heterocycles. The van der Waals surface area contributed by atoms with Gasteiger partial charge in [-0.15, -0.1) is 11.3 Å². The first-order valence-electron chi connectivity index (χ1n) is 7.95. The largest absolute Gasteiger partial charge is 0.290 e. The predicted molar refractivity (Wildman–Crippen MR) is 128 cm³/mol. The van der Waals surface area contributed by atoms with Crippen LogP contribution in [0.25, 0.3) is 10.2 Å². The van der Waals surface area contributed by atoms with Crippen molar-refractivity contribution >= 4 is 97.9 Å². The van der Waals surface area contributed by atoms with Crippen molar-refractivity contribution in [1.82, 2.24) is 4.98 Å². The number of hydrazone groups is 1. The molecule has 0 spiro atoms. The number of rotatable bonds is 4. The second-order valence-corrected chi connectivity index (χ2v) is 10.9. The number of aromatic nitrogens is 1. The third-order valence-corrected chi connectivity index (χ3v) is 7.32. The van der Waals surface area contributed by atoms with Crippen molar-refractivity contribution in [3.05, 3.63) is 77.8 Å². The van der Waals surface area contributed by atoms with E-state index in [0.29, 0.717) is 10.0 Å². The molecule has 4 nitrogen and oxygen atoms in total. The van der Waals surface area contributed by atoms with Gasteiger partial charge in [0, 0.05) is 8.95 Å². The molecule has 140 valence electrons. The molecule has 0 bridgehead atoms. The molecule has 2 aromatic carbocycles. The Kier molecular flexibility index (Phi) is 6.07. The fraction of sp³-hybridized carbons (Fsp3) is 0. The molecule has 0 aliphatic rings. The van der Waals surface area contributed by atoms with Crippen molar-refractivity contribution in [3.8, 4) is 0 Å². The first kappa shape index (κ1) is 19.9. The van der Waals surface area contributed by atoms with Gasteiger partial charge in [0.1, 0.15) is 0 Å². The van der Waals surface area contributed by atoms with Gasteiger partial charge < -0.3 is 0 Å². The van der Waals surface area contributed by atoms with Crippen molar-refractivity contribution < 1.29 is 4.79 Å². The molecule has 0 saturated carbocycles. The van der Waals surface area contributed by atoms with Crippen LogP contribution in [0.3, 0.4) is 0 Å². The number of amides is 1. The van der Waals surface area contributed by atoms with Crippen molar-refractivity contribution in [3.63, 3.8) is 0 Å². The summed E-state index contributed by atoms with van der Waals surface area (Å²) in [6.45, 7) is 0. The van der Waals surface area contributed by atoms with Crippen LogP contribution in [-0.4, -0.2) is 17.1 Å². The van der Waals surface area contributed by atoms with Crippen LogP contribution in [0.15, 0.2) is 72.4 Å². The molecule has 0 aliphatic heterocycles. The Bertz CT molecular complexity index is 1180. The van der Waals surface area contributed by atoms with Crippen molar-refractivity contribution in [2.24, 2.45) is 5.10 Å². The molecule has 4 rings (SSSR count). The van der Waals surface area contributed by atoms with E-state index in [1.165, 1.54) is 27.7 Å². The second kappa shape index (κ2) is 8.54. The molecule has 0 saturated heterocycles. The van der Waals surface area contributed by atoms with Crippen molar-refractivity contribution in [2.45, 2.75) is 0 Å². The van der Waals surface area contributed by atoms with Gasteiger partial charge in [-0.25, -0.2) is 4.98 Å². The number of benzene rings is 2. The molecule has 28 heavy (non-hydrogen) atoms. The molecular weight excluding hydrogens is 590 g/mol. The van der Waals surface area contributed by atoms with Crippen LogP contribution in [0.5, 0.6) is 0 Å². The summed E-state index contributed by atoms with van der Waals surface area (Å²) in [6, 6.07) is 17.2. The first-order valence-corrected chi connectivity index (χ1v) is 12.0. The summed E-state index contributed by atoms with van der Waals surface area (Å²) in [5, 5.41) is 6.35. The van der Waals surface area contributed by atoms with Gasteiger partial charge in [0.15, 0.2) is 0 Å². The Morgan fingerprint density at radius 3 is 2.43 bits per heavy atom. The van der Waals surface area contributed by atoms with Gasteiger partial charge in [0.05, 0.1) is 25.1 Å². The number of halogens is 3. The lowest BCUT2D eigenvalue weighted by atomic mass is 10.2. The maximum absolute atomic E-state index is 13.1. The number of carbonyl (C=O) groups is 1. The Labute approximate surface area is 194 Å². The summed E-state index contributed by atoms with van der Waals surface area (Å²) in [7, 11) is 0. The minimum absolute atomic E-state index is 0.220. The average molecular weight is 600 g/mol. The van der Waals surface area contributed by atoms with E-state index in [4.69, 9.17) is 0 Å². The van der Waals surface area contributed by atoms with Crippen LogP contribution in [0.2, 0.25) is 0 Å². The van der Waals surface area contributed by atoms with E-state index in [-0.39, 0.29) is 5.91 Å². The fourth-order valence-corrected chi connectivity index (χ4v) is 5.42. The third kappa shape index (κ3) is 4.44. The van der Waals surface area contributed by atoms with Crippen molar-refractivity contribution in [1.29, 1.82) is 0 Å². The summed E-state index contributed by atoms with van der Waals surface area (Å²) in [5.74, 6) is -0.220. The molecule has 0 radical (unpaired) electrons. The minimum atomic E-state index is -0.220. The zero-order chi connectivity index (χ0) is 19.7. The highest BCUT2D eigenvalue weighted by molar-refractivity contribution is 9.11. The monoisotopic (exact) mass is 597 g/mol. The standard InChI is InChI=1S/C19H10Br3N3OS2/c20-12-3-1-11(2-4-12)10-23-25(18(26)15-7-8-17(22)27-15)19-24-14-6-5-13(21)9-16(14)28-19/h1-10H/b23-10+. The van der Waals surface area contributed by atoms with Crippen LogP contribution in [0, 0.1) is 0 Å². The third-order valence-electron chi connectivity index (χ3n) is 3.69. The van der Waals surface area contributed by atoms with Crippen molar-refractivity contribution in [2.75, 3.05) is 5.01 Å². The number of hydrogen-bond acceptors (Lipinski definition) is 5. The highest BCUT2D eigenvalue weighted by Crippen LogP contribution is 2.33. The molecule has 4 aromatic rings. The summed E-state index contributed by atoms with van der Waals surface area (Å²) in [4.78, 5) is 18.3. The zero-order valence-electron chi connectivity index (χ0n) is 14.0. The molecule has 0 aliphatic carbocycles. The van der Waals surface area contributed by atoms with Crippen LogP contribution in [-0.2, 0) is 0 Å². The summed E-state index contributed by atoms with van der Waals surface area (Å²) in [6.07, 6.45) is 1.66. The number of fused-ring (bicyclic) bond motifs is 1. The topological polar surface area (TPSA) is 45.6 Å². The second-order valence-electron chi connectivity index (χ2n) is 5.63. The summed E-state index contributed by atoms with van der Waals surface area (Å²) < 4.78 is 3.82. The molecule has 9 heteroatoms. The lowest BCUT2D eigenvalue weighted by molar-refractivity contribution is 0.0991. The molecule has 0 unspecified atom stereocenters. The number of nitrogens with zero attached hydrogens (tertiary/aromatic N) is 3. The van der Waals surface area contributed by atoms with Gasteiger partial charge in [-0.2, -0.15) is 10.1 Å². The van der Waals surface area contributed by atoms with Gasteiger partial charge in [0.25, 0.3) is 5.91 Å². The number of hydrogen-bond donors (Lipinski definition) is 0. The smallest absolute Gasteiger partial charge is 0.266 e. The lowest BCUT2D eigenvalue weighted by Crippen LogP contribution is -2.24. The normalized spacial score (nSPS) is 11.4. The van der Waals surface area contributed by atoms with Crippen LogP contribution < -0.4 is 5.01 Å². The van der Waals surface area contributed by atoms with Gasteiger partial charge >= 0.3 is 0 Å². The Balaban J connectivity index is 1.75. The van der Waals surface area contributed by atoms with E-state index in [1.807, 2.05) is 48.5 Å². The average Bonchev–Trinajstić information content (AvgIpc) is 3.29. The highest BCUT2D eigenvalue weighted by atomic mass is 79.9. The van der Waals surface area contributed by atoms with Crippen LogP contribution in [0.4, 0.5) is 5.13 Å². The lowest BCUT2D eigenvalue weighted by Gasteiger charge is -2.12. The Hall–Kier alpha value is -1.39. The van der Waals surface area contributed by atoms with Gasteiger partial charge in [-0.3, -0.25) is 4.79 Å². The summed E-state index contributed by atoms with van der Waals surface area (Å²) in [5.41, 5.74) is 1.71. The molecule has 0 atom stereocenters. The quantitative estimate of drug-likeness (QED) is 0.182. The zero-order valence-corrected chi connectivity index (χ0v) is 20.4. The van der Waals surface area contributed by atoms with E-state index in [0.717, 1.165) is 28.5 Å². The maximum atomic E-state index is 13.1. The Morgan fingerprint density at radius 1 is 0.964 bits per heavy atom. The van der Waals surface area contributed by atoms with E-state index in [9.17, 15) is 4.79 Å². The number of anilines is 1. The number of carbonyl (C=O) groups excluding carboxylic acids is 1. The number of thiophene rings is 1. The van der Waals surface area contributed by atoms with Gasteiger partial charge in [0.2, 0.25) is 5.13 Å². The SMILES string of the molecule is O=C(c1ccc(Br)s1)N(/N=C/c1ccc(Br)cc1)c1nc2ccc(Br)cc2s1. The number of thiazole rings is 1. The molecular formula is C19H10Br3N3OS2. The molecule has 0 N–H and O–H groups in total. The highest BCUT2D eigenvalue weighted by Gasteiger charge is 2.22.